The minimum absolute atomic E-state index is 0.164. The Bertz CT molecular complexity index is 497. The summed E-state index contributed by atoms with van der Waals surface area (Å²) in [6.07, 6.45) is 4.28. The smallest absolute Gasteiger partial charge is 0.0935 e. The number of rotatable bonds is 5. The summed E-state index contributed by atoms with van der Waals surface area (Å²) in [5, 5.41) is 4.77. The number of likely N-dealkylation sites (N-methyl/N-ethyl adjacent to an activating group) is 1. The molecule has 1 aromatic heterocycles. The molecule has 96 valence electrons. The van der Waals surface area contributed by atoms with Gasteiger partial charge in [0, 0.05) is 16.1 Å². The first-order chi connectivity index (χ1) is 8.70. The highest BCUT2D eigenvalue weighted by atomic mass is 35.5. The SMILES string of the molecule is CCNC(Cc1ccoc1)c1ccc(Cl)cc1Cl. The lowest BCUT2D eigenvalue weighted by molar-refractivity contribution is 0.535. The standard InChI is InChI=1S/C14H15Cl2NO/c1-2-17-14(7-10-5-6-18-9-10)12-4-3-11(15)8-13(12)16/h3-6,8-9,14,17H,2,7H2,1H3. The molecule has 0 aliphatic rings. The van der Waals surface area contributed by atoms with Crippen molar-refractivity contribution >= 4 is 23.2 Å². The Balaban J connectivity index is 2.23. The second-order valence-electron chi connectivity index (χ2n) is 4.11. The van der Waals surface area contributed by atoms with Crippen molar-refractivity contribution in [2.45, 2.75) is 19.4 Å². The van der Waals surface area contributed by atoms with Gasteiger partial charge in [-0.05, 0) is 42.3 Å². The van der Waals surface area contributed by atoms with Crippen molar-refractivity contribution in [2.75, 3.05) is 6.54 Å². The Labute approximate surface area is 117 Å². The summed E-state index contributed by atoms with van der Waals surface area (Å²) in [6, 6.07) is 7.74. The molecule has 18 heavy (non-hydrogen) atoms. The molecule has 1 heterocycles. The molecule has 2 aromatic rings. The van der Waals surface area contributed by atoms with Crippen LogP contribution in [0.25, 0.3) is 0 Å². The number of benzene rings is 1. The summed E-state index contributed by atoms with van der Waals surface area (Å²) in [5.74, 6) is 0. The summed E-state index contributed by atoms with van der Waals surface area (Å²) in [4.78, 5) is 0. The minimum atomic E-state index is 0.164. The largest absolute Gasteiger partial charge is 0.472 e. The van der Waals surface area contributed by atoms with Crippen LogP contribution in [0.2, 0.25) is 10.0 Å². The van der Waals surface area contributed by atoms with Crippen molar-refractivity contribution in [1.29, 1.82) is 0 Å². The molecule has 0 saturated heterocycles. The van der Waals surface area contributed by atoms with Gasteiger partial charge in [0.25, 0.3) is 0 Å². The van der Waals surface area contributed by atoms with Crippen LogP contribution in [0, 0.1) is 0 Å². The molecule has 0 aliphatic carbocycles. The zero-order chi connectivity index (χ0) is 13.0. The van der Waals surface area contributed by atoms with Crippen LogP contribution in [-0.4, -0.2) is 6.54 Å². The molecule has 0 bridgehead atoms. The molecular weight excluding hydrogens is 269 g/mol. The first kappa shape index (κ1) is 13.5. The zero-order valence-corrected chi connectivity index (χ0v) is 11.6. The summed E-state index contributed by atoms with van der Waals surface area (Å²) in [6.45, 7) is 2.95. The van der Waals surface area contributed by atoms with E-state index >= 15 is 0 Å². The fourth-order valence-corrected chi connectivity index (χ4v) is 2.51. The molecular formula is C14H15Cl2NO. The van der Waals surface area contributed by atoms with E-state index in [1.54, 1.807) is 18.6 Å². The van der Waals surface area contributed by atoms with Gasteiger partial charge in [-0.1, -0.05) is 36.2 Å². The maximum absolute atomic E-state index is 6.25. The number of hydrogen-bond acceptors (Lipinski definition) is 2. The third-order valence-electron chi connectivity index (χ3n) is 2.81. The third kappa shape index (κ3) is 3.29. The first-order valence-electron chi connectivity index (χ1n) is 5.90. The van der Waals surface area contributed by atoms with Crippen molar-refractivity contribution < 1.29 is 4.42 Å². The minimum Gasteiger partial charge on any atom is -0.472 e. The summed E-state index contributed by atoms with van der Waals surface area (Å²) in [7, 11) is 0. The average molecular weight is 284 g/mol. The third-order valence-corrected chi connectivity index (χ3v) is 3.37. The van der Waals surface area contributed by atoms with Crippen molar-refractivity contribution in [3.8, 4) is 0 Å². The molecule has 1 unspecified atom stereocenters. The maximum atomic E-state index is 6.25. The van der Waals surface area contributed by atoms with Crippen LogP contribution in [0.1, 0.15) is 24.1 Å². The van der Waals surface area contributed by atoms with Crippen molar-refractivity contribution in [3.05, 3.63) is 58.0 Å². The van der Waals surface area contributed by atoms with Crippen LogP contribution in [0.5, 0.6) is 0 Å². The van der Waals surface area contributed by atoms with Gasteiger partial charge in [0.1, 0.15) is 0 Å². The van der Waals surface area contributed by atoms with Crippen LogP contribution < -0.4 is 5.32 Å². The van der Waals surface area contributed by atoms with Crippen molar-refractivity contribution in [1.82, 2.24) is 5.32 Å². The fourth-order valence-electron chi connectivity index (χ4n) is 1.97. The first-order valence-corrected chi connectivity index (χ1v) is 6.65. The predicted molar refractivity (Wildman–Crippen MR) is 75.3 cm³/mol. The van der Waals surface area contributed by atoms with E-state index < -0.39 is 0 Å². The van der Waals surface area contributed by atoms with Gasteiger partial charge in [-0.3, -0.25) is 0 Å². The van der Waals surface area contributed by atoms with E-state index in [-0.39, 0.29) is 6.04 Å². The molecule has 2 nitrogen and oxygen atoms in total. The van der Waals surface area contributed by atoms with Crippen molar-refractivity contribution in [3.63, 3.8) is 0 Å². The molecule has 0 saturated carbocycles. The van der Waals surface area contributed by atoms with E-state index in [9.17, 15) is 0 Å². The average Bonchev–Trinajstić information content (AvgIpc) is 2.81. The normalized spacial score (nSPS) is 12.6. The van der Waals surface area contributed by atoms with Gasteiger partial charge in [0.2, 0.25) is 0 Å². The Hall–Kier alpha value is -0.960. The van der Waals surface area contributed by atoms with Gasteiger partial charge in [-0.2, -0.15) is 0 Å². The number of hydrogen-bond donors (Lipinski definition) is 1. The molecule has 1 aromatic carbocycles. The number of nitrogens with one attached hydrogen (secondary N) is 1. The topological polar surface area (TPSA) is 25.2 Å². The van der Waals surface area contributed by atoms with Crippen LogP contribution in [-0.2, 0) is 6.42 Å². The fraction of sp³-hybridized carbons (Fsp3) is 0.286. The lowest BCUT2D eigenvalue weighted by Gasteiger charge is -2.19. The van der Waals surface area contributed by atoms with E-state index in [1.807, 2.05) is 18.2 Å². The van der Waals surface area contributed by atoms with E-state index in [1.165, 1.54) is 0 Å². The Morgan fingerprint density at radius 2 is 2.11 bits per heavy atom. The number of furan rings is 1. The summed E-state index contributed by atoms with van der Waals surface area (Å²) >= 11 is 12.2. The Morgan fingerprint density at radius 1 is 1.28 bits per heavy atom. The molecule has 0 fully saturated rings. The maximum Gasteiger partial charge on any atom is 0.0935 e. The zero-order valence-electron chi connectivity index (χ0n) is 10.1. The molecule has 4 heteroatoms. The molecule has 1 N–H and O–H groups in total. The Morgan fingerprint density at radius 3 is 2.72 bits per heavy atom. The highest BCUT2D eigenvalue weighted by Crippen LogP contribution is 2.28. The van der Waals surface area contributed by atoms with Crippen LogP contribution in [0.4, 0.5) is 0 Å². The van der Waals surface area contributed by atoms with E-state index in [2.05, 4.69) is 12.2 Å². The molecule has 0 aliphatic heterocycles. The lowest BCUT2D eigenvalue weighted by Crippen LogP contribution is -2.23. The van der Waals surface area contributed by atoms with Gasteiger partial charge in [0.15, 0.2) is 0 Å². The molecule has 2 rings (SSSR count). The highest BCUT2D eigenvalue weighted by Gasteiger charge is 2.15. The monoisotopic (exact) mass is 283 g/mol. The molecule has 1 atom stereocenters. The molecule has 0 spiro atoms. The van der Waals surface area contributed by atoms with Gasteiger partial charge in [0.05, 0.1) is 12.5 Å². The second-order valence-corrected chi connectivity index (χ2v) is 4.96. The predicted octanol–water partition coefficient (Wildman–Crippen LogP) is 4.48. The van der Waals surface area contributed by atoms with Crippen LogP contribution in [0.15, 0.2) is 41.2 Å². The Kier molecular flexibility index (Phi) is 4.70. The number of halogens is 2. The van der Waals surface area contributed by atoms with Crippen molar-refractivity contribution in [2.24, 2.45) is 0 Å². The van der Waals surface area contributed by atoms with Gasteiger partial charge in [-0.15, -0.1) is 0 Å². The summed E-state index contributed by atoms with van der Waals surface area (Å²) < 4.78 is 5.10. The van der Waals surface area contributed by atoms with E-state index in [0.717, 1.165) is 24.1 Å². The van der Waals surface area contributed by atoms with Crippen LogP contribution in [0.3, 0.4) is 0 Å². The second kappa shape index (κ2) is 6.28. The summed E-state index contributed by atoms with van der Waals surface area (Å²) in [5.41, 5.74) is 2.20. The van der Waals surface area contributed by atoms with Gasteiger partial charge >= 0.3 is 0 Å². The molecule has 0 amide bonds. The lowest BCUT2D eigenvalue weighted by atomic mass is 10.0. The van der Waals surface area contributed by atoms with Crippen LogP contribution >= 0.6 is 23.2 Å². The van der Waals surface area contributed by atoms with Gasteiger partial charge < -0.3 is 9.73 Å². The van der Waals surface area contributed by atoms with Gasteiger partial charge in [-0.25, -0.2) is 0 Å². The molecule has 0 radical (unpaired) electrons. The van der Waals surface area contributed by atoms with E-state index in [0.29, 0.717) is 10.0 Å². The quantitative estimate of drug-likeness (QED) is 0.875. The van der Waals surface area contributed by atoms with E-state index in [4.69, 9.17) is 27.6 Å². The highest BCUT2D eigenvalue weighted by molar-refractivity contribution is 6.35.